The fraction of sp³-hybridized carbons (Fsp3) is 0.333. The van der Waals surface area contributed by atoms with Crippen LogP contribution in [0.2, 0.25) is 5.15 Å². The number of aromatic nitrogens is 2. The van der Waals surface area contributed by atoms with Gasteiger partial charge < -0.3 is 10.2 Å². The van der Waals surface area contributed by atoms with Crippen LogP contribution in [0.3, 0.4) is 0 Å². The van der Waals surface area contributed by atoms with Crippen molar-refractivity contribution >= 4 is 45.6 Å². The zero-order chi connectivity index (χ0) is 20.2. The van der Waals surface area contributed by atoms with E-state index in [4.69, 9.17) is 11.6 Å². The van der Waals surface area contributed by atoms with Crippen molar-refractivity contribution in [3.8, 4) is 0 Å². The van der Waals surface area contributed by atoms with E-state index in [0.717, 1.165) is 43.4 Å². The number of benzene rings is 1. The highest BCUT2D eigenvalue weighted by atomic mass is 35.5. The molecule has 1 N–H and O–H groups in total. The van der Waals surface area contributed by atoms with E-state index in [2.05, 4.69) is 51.3 Å². The Balaban J connectivity index is 1.21. The molecular formula is C21H24ClN5OS. The van der Waals surface area contributed by atoms with E-state index in [1.807, 2.05) is 16.0 Å². The summed E-state index contributed by atoms with van der Waals surface area (Å²) in [5, 5.41) is 5.30. The third-order valence-electron chi connectivity index (χ3n) is 5.11. The highest BCUT2D eigenvalue weighted by molar-refractivity contribution is 7.15. The highest BCUT2D eigenvalue weighted by Gasteiger charge is 2.17. The Morgan fingerprint density at radius 3 is 2.93 bits per heavy atom. The molecule has 3 aromatic rings. The molecule has 1 aliphatic heterocycles. The number of halogens is 1. The van der Waals surface area contributed by atoms with Gasteiger partial charge in [0.05, 0.1) is 5.69 Å². The van der Waals surface area contributed by atoms with Crippen LogP contribution in [0.1, 0.15) is 11.3 Å². The molecule has 0 bridgehead atoms. The van der Waals surface area contributed by atoms with Crippen molar-refractivity contribution < 1.29 is 4.79 Å². The third kappa shape index (κ3) is 4.80. The summed E-state index contributed by atoms with van der Waals surface area (Å²) in [5.74, 6) is -0.121. The van der Waals surface area contributed by atoms with Gasteiger partial charge in [0.25, 0.3) is 0 Å². The van der Waals surface area contributed by atoms with Gasteiger partial charge in [0.15, 0.2) is 10.1 Å². The smallest absolute Gasteiger partial charge is 0.244 e. The molecule has 1 aliphatic rings. The molecule has 3 heterocycles. The lowest BCUT2D eigenvalue weighted by atomic mass is 10.2. The topological polar surface area (TPSA) is 52.9 Å². The fourth-order valence-corrected chi connectivity index (χ4v) is 4.54. The van der Waals surface area contributed by atoms with Gasteiger partial charge in [0.1, 0.15) is 0 Å². The first-order chi connectivity index (χ1) is 14.1. The molecule has 2 aromatic heterocycles. The lowest BCUT2D eigenvalue weighted by Gasteiger charge is -2.36. The molecule has 1 amide bonds. The number of fused-ring (bicyclic) bond motifs is 1. The molecular weight excluding hydrogens is 406 g/mol. The van der Waals surface area contributed by atoms with Gasteiger partial charge >= 0.3 is 0 Å². The summed E-state index contributed by atoms with van der Waals surface area (Å²) in [6, 6.07) is 8.65. The Kier molecular flexibility index (Phi) is 6.18. The molecule has 1 fully saturated rings. The maximum Gasteiger partial charge on any atom is 0.244 e. The van der Waals surface area contributed by atoms with Crippen LogP contribution in [0.5, 0.6) is 0 Å². The van der Waals surface area contributed by atoms with Crippen LogP contribution in [0, 0.1) is 6.92 Å². The van der Waals surface area contributed by atoms with E-state index in [-0.39, 0.29) is 5.91 Å². The predicted octanol–water partition coefficient (Wildman–Crippen LogP) is 3.31. The van der Waals surface area contributed by atoms with E-state index < -0.39 is 0 Å². The number of piperazine rings is 1. The third-order valence-corrected chi connectivity index (χ3v) is 6.15. The number of nitrogens with zero attached hydrogens (tertiary/aromatic N) is 4. The van der Waals surface area contributed by atoms with Crippen LogP contribution in [0.25, 0.3) is 11.0 Å². The van der Waals surface area contributed by atoms with Crippen molar-refractivity contribution in [2.45, 2.75) is 6.92 Å². The number of hydrogen-bond acceptors (Lipinski definition) is 5. The number of imidazole rings is 1. The minimum Gasteiger partial charge on any atom is -0.369 e. The summed E-state index contributed by atoms with van der Waals surface area (Å²) in [6.07, 6.45) is 5.13. The van der Waals surface area contributed by atoms with Crippen molar-refractivity contribution in [2.75, 3.05) is 44.2 Å². The van der Waals surface area contributed by atoms with Gasteiger partial charge in [-0.15, -0.1) is 11.3 Å². The molecule has 152 valence electrons. The number of carbonyl (C=O) groups is 1. The maximum atomic E-state index is 12.1. The second kappa shape index (κ2) is 8.98. The monoisotopic (exact) mass is 429 g/mol. The SMILES string of the molecule is Cc1cccc(N2CCN(CCNC(=O)/C=C/c3c(Cl)nc4sccn34)CC2)c1. The molecule has 6 nitrogen and oxygen atoms in total. The Hall–Kier alpha value is -2.35. The minimum atomic E-state index is -0.121. The second-order valence-electron chi connectivity index (χ2n) is 7.14. The quantitative estimate of drug-likeness (QED) is 0.611. The van der Waals surface area contributed by atoms with Crippen molar-refractivity contribution in [3.05, 3.63) is 58.3 Å². The van der Waals surface area contributed by atoms with Gasteiger partial charge in [0.2, 0.25) is 5.91 Å². The molecule has 8 heteroatoms. The van der Waals surface area contributed by atoms with E-state index >= 15 is 0 Å². The summed E-state index contributed by atoms with van der Waals surface area (Å²) < 4.78 is 1.88. The fourth-order valence-electron chi connectivity index (χ4n) is 3.53. The zero-order valence-electron chi connectivity index (χ0n) is 16.3. The maximum absolute atomic E-state index is 12.1. The first-order valence-electron chi connectivity index (χ1n) is 9.71. The lowest BCUT2D eigenvalue weighted by Crippen LogP contribution is -2.48. The summed E-state index contributed by atoms with van der Waals surface area (Å²) >= 11 is 7.65. The molecule has 1 aromatic carbocycles. The Morgan fingerprint density at radius 1 is 1.31 bits per heavy atom. The van der Waals surface area contributed by atoms with Crippen molar-refractivity contribution in [1.29, 1.82) is 0 Å². The van der Waals surface area contributed by atoms with Crippen LogP contribution in [-0.2, 0) is 4.79 Å². The minimum absolute atomic E-state index is 0.121. The van der Waals surface area contributed by atoms with E-state index in [1.54, 1.807) is 6.08 Å². The first kappa shape index (κ1) is 19.9. The van der Waals surface area contributed by atoms with Crippen molar-refractivity contribution in [1.82, 2.24) is 19.6 Å². The van der Waals surface area contributed by atoms with Gasteiger partial charge in [-0.25, -0.2) is 4.98 Å². The zero-order valence-corrected chi connectivity index (χ0v) is 17.9. The average Bonchev–Trinajstić information content (AvgIpc) is 3.27. The van der Waals surface area contributed by atoms with Crippen LogP contribution < -0.4 is 10.2 Å². The Labute approximate surface area is 179 Å². The summed E-state index contributed by atoms with van der Waals surface area (Å²) in [6.45, 7) is 7.62. The molecule has 0 unspecified atom stereocenters. The number of hydrogen-bond donors (Lipinski definition) is 1. The second-order valence-corrected chi connectivity index (χ2v) is 8.37. The number of amides is 1. The number of aryl methyl sites for hydroxylation is 1. The Morgan fingerprint density at radius 2 is 2.14 bits per heavy atom. The molecule has 0 radical (unpaired) electrons. The summed E-state index contributed by atoms with van der Waals surface area (Å²) in [5.41, 5.74) is 3.31. The molecule has 0 aliphatic carbocycles. The Bertz CT molecular complexity index is 1020. The van der Waals surface area contributed by atoms with Crippen molar-refractivity contribution in [2.24, 2.45) is 0 Å². The van der Waals surface area contributed by atoms with Crippen LogP contribution in [-0.4, -0.2) is 59.5 Å². The largest absolute Gasteiger partial charge is 0.369 e. The molecule has 0 spiro atoms. The molecule has 29 heavy (non-hydrogen) atoms. The summed E-state index contributed by atoms with van der Waals surface area (Å²) in [4.78, 5) is 22.0. The lowest BCUT2D eigenvalue weighted by molar-refractivity contribution is -0.116. The van der Waals surface area contributed by atoms with Crippen LogP contribution >= 0.6 is 22.9 Å². The molecule has 1 saturated heterocycles. The molecule has 0 atom stereocenters. The van der Waals surface area contributed by atoms with E-state index in [1.165, 1.54) is 28.7 Å². The standard InChI is InChI=1S/C21H24ClN5OS/c1-16-3-2-4-17(15-16)26-11-9-25(10-12-26)8-7-23-19(28)6-5-18-20(22)24-21-27(18)13-14-29-21/h2-6,13-15H,7-12H2,1H3,(H,23,28)/b6-5+. The summed E-state index contributed by atoms with van der Waals surface area (Å²) in [7, 11) is 0. The normalized spacial score (nSPS) is 15.4. The number of thiazole rings is 1. The first-order valence-corrected chi connectivity index (χ1v) is 11.0. The van der Waals surface area contributed by atoms with Crippen LogP contribution in [0.4, 0.5) is 5.69 Å². The molecule has 0 saturated carbocycles. The number of nitrogens with one attached hydrogen (secondary N) is 1. The predicted molar refractivity (Wildman–Crippen MR) is 120 cm³/mol. The van der Waals surface area contributed by atoms with E-state index in [0.29, 0.717) is 11.7 Å². The number of rotatable bonds is 6. The highest BCUT2D eigenvalue weighted by Crippen LogP contribution is 2.22. The van der Waals surface area contributed by atoms with Gasteiger partial charge in [-0.1, -0.05) is 23.7 Å². The van der Waals surface area contributed by atoms with Gasteiger partial charge in [-0.3, -0.25) is 14.1 Å². The molecule has 4 rings (SSSR count). The average molecular weight is 430 g/mol. The van der Waals surface area contributed by atoms with Gasteiger partial charge in [-0.05, 0) is 30.7 Å². The van der Waals surface area contributed by atoms with Gasteiger partial charge in [0, 0.05) is 62.6 Å². The van der Waals surface area contributed by atoms with Gasteiger partial charge in [-0.2, -0.15) is 0 Å². The van der Waals surface area contributed by atoms with Crippen LogP contribution in [0.15, 0.2) is 41.9 Å². The number of anilines is 1. The van der Waals surface area contributed by atoms with Crippen molar-refractivity contribution in [3.63, 3.8) is 0 Å². The van der Waals surface area contributed by atoms with E-state index in [9.17, 15) is 4.79 Å². The number of carbonyl (C=O) groups excluding carboxylic acids is 1.